The normalized spacial score (nSPS) is 13.7. The van der Waals surface area contributed by atoms with Gasteiger partial charge in [-0.1, -0.05) is 6.92 Å². The van der Waals surface area contributed by atoms with E-state index in [1.54, 1.807) is 17.0 Å². The number of hydrogen-bond donors (Lipinski definition) is 0. The lowest BCUT2D eigenvalue weighted by Crippen LogP contribution is -2.27. The number of nitro groups is 1. The van der Waals surface area contributed by atoms with Gasteiger partial charge in [-0.3, -0.25) is 14.9 Å². The van der Waals surface area contributed by atoms with Crippen LogP contribution in [0.3, 0.4) is 0 Å². The Balaban J connectivity index is 2.36. The summed E-state index contributed by atoms with van der Waals surface area (Å²) in [5.74, 6) is 0.0626. The van der Waals surface area contributed by atoms with Crippen LogP contribution in [-0.4, -0.2) is 17.4 Å². The summed E-state index contributed by atoms with van der Waals surface area (Å²) in [5.41, 5.74) is 1.79. The fourth-order valence-electron chi connectivity index (χ4n) is 1.95. The van der Waals surface area contributed by atoms with E-state index in [1.165, 1.54) is 6.07 Å². The van der Waals surface area contributed by atoms with Gasteiger partial charge in [0.25, 0.3) is 5.69 Å². The van der Waals surface area contributed by atoms with E-state index in [4.69, 9.17) is 0 Å². The molecule has 1 amide bonds. The molecule has 1 aliphatic rings. The summed E-state index contributed by atoms with van der Waals surface area (Å²) >= 11 is 0. The van der Waals surface area contributed by atoms with Gasteiger partial charge in [-0.05, 0) is 18.1 Å². The molecule has 1 aromatic carbocycles. The van der Waals surface area contributed by atoms with E-state index in [0.717, 1.165) is 11.3 Å². The van der Waals surface area contributed by atoms with Crippen molar-refractivity contribution in [1.82, 2.24) is 0 Å². The molecule has 0 saturated heterocycles. The van der Waals surface area contributed by atoms with Gasteiger partial charge in [-0.2, -0.15) is 0 Å². The lowest BCUT2D eigenvalue weighted by Gasteiger charge is -2.15. The Kier molecular flexibility index (Phi) is 2.60. The Morgan fingerprint density at radius 2 is 2.31 bits per heavy atom. The van der Waals surface area contributed by atoms with Crippen LogP contribution in [0.15, 0.2) is 18.2 Å². The molecule has 5 nitrogen and oxygen atoms in total. The van der Waals surface area contributed by atoms with Crippen LogP contribution in [0, 0.1) is 10.1 Å². The third-order valence-corrected chi connectivity index (χ3v) is 2.77. The number of nitrogens with zero attached hydrogens (tertiary/aromatic N) is 2. The van der Waals surface area contributed by atoms with Crippen LogP contribution in [0.2, 0.25) is 0 Å². The van der Waals surface area contributed by atoms with Crippen LogP contribution in [0.4, 0.5) is 11.4 Å². The highest BCUT2D eigenvalue weighted by molar-refractivity contribution is 5.95. The van der Waals surface area contributed by atoms with Crippen molar-refractivity contribution in [2.45, 2.75) is 19.8 Å². The zero-order chi connectivity index (χ0) is 11.7. The number of non-ortho nitro benzene ring substituents is 1. The highest BCUT2D eigenvalue weighted by atomic mass is 16.6. The first kappa shape index (κ1) is 10.6. The molecule has 2 rings (SSSR count). The molecule has 0 saturated carbocycles. The minimum Gasteiger partial charge on any atom is -0.312 e. The molecule has 0 fully saturated rings. The number of amides is 1. The lowest BCUT2D eigenvalue weighted by molar-refractivity contribution is -0.384. The standard InChI is InChI=1S/C11H12N2O3/c1-2-11(14)12-6-5-8-7-9(13(15)16)3-4-10(8)12/h3-4,7H,2,5-6H2,1H3. The molecular weight excluding hydrogens is 208 g/mol. The molecule has 0 atom stereocenters. The second kappa shape index (κ2) is 3.92. The highest BCUT2D eigenvalue weighted by Crippen LogP contribution is 2.31. The maximum Gasteiger partial charge on any atom is 0.269 e. The van der Waals surface area contributed by atoms with Crippen LogP contribution < -0.4 is 4.90 Å². The van der Waals surface area contributed by atoms with Gasteiger partial charge in [-0.25, -0.2) is 0 Å². The van der Waals surface area contributed by atoms with E-state index in [-0.39, 0.29) is 11.6 Å². The molecule has 16 heavy (non-hydrogen) atoms. The first-order chi connectivity index (χ1) is 7.63. The van der Waals surface area contributed by atoms with Gasteiger partial charge in [-0.15, -0.1) is 0 Å². The number of rotatable bonds is 2. The highest BCUT2D eigenvalue weighted by Gasteiger charge is 2.25. The Morgan fingerprint density at radius 3 is 2.94 bits per heavy atom. The molecule has 0 bridgehead atoms. The largest absolute Gasteiger partial charge is 0.312 e. The number of nitro benzene ring substituents is 1. The quantitative estimate of drug-likeness (QED) is 0.564. The molecule has 0 spiro atoms. The van der Waals surface area contributed by atoms with Gasteiger partial charge < -0.3 is 4.90 Å². The van der Waals surface area contributed by atoms with Crippen LogP contribution in [0.5, 0.6) is 0 Å². The van der Waals surface area contributed by atoms with Gasteiger partial charge in [0.2, 0.25) is 5.91 Å². The molecule has 0 N–H and O–H groups in total. The molecule has 1 aromatic rings. The monoisotopic (exact) mass is 220 g/mol. The number of carbonyl (C=O) groups is 1. The zero-order valence-electron chi connectivity index (χ0n) is 8.97. The minimum atomic E-state index is -0.412. The van der Waals surface area contributed by atoms with Crippen LogP contribution >= 0.6 is 0 Å². The van der Waals surface area contributed by atoms with E-state index in [9.17, 15) is 14.9 Å². The maximum atomic E-state index is 11.6. The second-order valence-electron chi connectivity index (χ2n) is 3.72. The van der Waals surface area contributed by atoms with Crippen molar-refractivity contribution < 1.29 is 9.72 Å². The predicted molar refractivity (Wildman–Crippen MR) is 59.4 cm³/mol. The summed E-state index contributed by atoms with van der Waals surface area (Å²) < 4.78 is 0. The fraction of sp³-hybridized carbons (Fsp3) is 0.364. The third kappa shape index (κ3) is 1.64. The third-order valence-electron chi connectivity index (χ3n) is 2.77. The summed E-state index contributed by atoms with van der Waals surface area (Å²) in [5, 5.41) is 10.6. The van der Waals surface area contributed by atoms with E-state index < -0.39 is 4.92 Å². The van der Waals surface area contributed by atoms with Crippen LogP contribution in [0.25, 0.3) is 0 Å². The number of anilines is 1. The van der Waals surface area contributed by atoms with Crippen molar-refractivity contribution in [2.24, 2.45) is 0 Å². The molecule has 5 heteroatoms. The van der Waals surface area contributed by atoms with Crippen molar-refractivity contribution in [1.29, 1.82) is 0 Å². The van der Waals surface area contributed by atoms with Crippen LogP contribution in [-0.2, 0) is 11.2 Å². The van der Waals surface area contributed by atoms with Gasteiger partial charge in [0.15, 0.2) is 0 Å². The SMILES string of the molecule is CCC(=O)N1CCc2cc([N+](=O)[O-])ccc21. The van der Waals surface area contributed by atoms with E-state index in [0.29, 0.717) is 19.4 Å². The summed E-state index contributed by atoms with van der Waals surface area (Å²) in [6, 6.07) is 4.66. The number of carbonyl (C=O) groups excluding carboxylic acids is 1. The van der Waals surface area contributed by atoms with E-state index in [2.05, 4.69) is 0 Å². The second-order valence-corrected chi connectivity index (χ2v) is 3.72. The van der Waals surface area contributed by atoms with Crippen LogP contribution in [0.1, 0.15) is 18.9 Å². The Labute approximate surface area is 92.8 Å². The number of fused-ring (bicyclic) bond motifs is 1. The summed E-state index contributed by atoms with van der Waals surface area (Å²) in [4.78, 5) is 23.5. The van der Waals surface area contributed by atoms with Crippen molar-refractivity contribution in [3.05, 3.63) is 33.9 Å². The van der Waals surface area contributed by atoms with Gasteiger partial charge in [0.1, 0.15) is 0 Å². The van der Waals surface area contributed by atoms with Gasteiger partial charge >= 0.3 is 0 Å². The Morgan fingerprint density at radius 1 is 1.56 bits per heavy atom. The molecule has 0 radical (unpaired) electrons. The van der Waals surface area contributed by atoms with Crippen molar-refractivity contribution in [3.8, 4) is 0 Å². The average Bonchev–Trinajstić information content (AvgIpc) is 2.70. The zero-order valence-corrected chi connectivity index (χ0v) is 8.97. The Hall–Kier alpha value is -1.91. The average molecular weight is 220 g/mol. The topological polar surface area (TPSA) is 63.5 Å². The molecule has 0 aromatic heterocycles. The predicted octanol–water partition coefficient (Wildman–Crippen LogP) is 1.89. The fourth-order valence-corrected chi connectivity index (χ4v) is 1.95. The smallest absolute Gasteiger partial charge is 0.269 e. The molecule has 1 aliphatic heterocycles. The summed E-state index contributed by atoms with van der Waals surface area (Å²) in [6.45, 7) is 2.44. The van der Waals surface area contributed by atoms with E-state index in [1.807, 2.05) is 6.92 Å². The lowest BCUT2D eigenvalue weighted by atomic mass is 10.1. The van der Waals surface area contributed by atoms with Crippen molar-refractivity contribution in [3.63, 3.8) is 0 Å². The molecule has 0 unspecified atom stereocenters. The minimum absolute atomic E-state index is 0.0626. The summed E-state index contributed by atoms with van der Waals surface area (Å²) in [7, 11) is 0. The van der Waals surface area contributed by atoms with Crippen molar-refractivity contribution in [2.75, 3.05) is 11.4 Å². The van der Waals surface area contributed by atoms with E-state index >= 15 is 0 Å². The van der Waals surface area contributed by atoms with Gasteiger partial charge in [0, 0.05) is 30.8 Å². The number of hydrogen-bond acceptors (Lipinski definition) is 3. The van der Waals surface area contributed by atoms with Crippen molar-refractivity contribution >= 4 is 17.3 Å². The molecule has 84 valence electrons. The summed E-state index contributed by atoms with van der Waals surface area (Å²) in [6.07, 6.45) is 1.15. The molecular formula is C11H12N2O3. The Bertz CT molecular complexity index is 457. The first-order valence-corrected chi connectivity index (χ1v) is 5.21. The first-order valence-electron chi connectivity index (χ1n) is 5.21. The molecule has 1 heterocycles. The van der Waals surface area contributed by atoms with Gasteiger partial charge in [0.05, 0.1) is 4.92 Å². The maximum absolute atomic E-state index is 11.6. The number of benzene rings is 1. The molecule has 0 aliphatic carbocycles.